The lowest BCUT2D eigenvalue weighted by Crippen LogP contribution is -2.13. The molecule has 9 heteroatoms. The molecule has 0 spiro atoms. The van der Waals surface area contributed by atoms with Gasteiger partial charge in [0.05, 0.1) is 11.8 Å². The largest absolute Gasteiger partial charge is 0.416 e. The lowest BCUT2D eigenvalue weighted by atomic mass is 10.2. The predicted octanol–water partition coefficient (Wildman–Crippen LogP) is 3.80. The van der Waals surface area contributed by atoms with Crippen molar-refractivity contribution in [1.29, 1.82) is 0 Å². The summed E-state index contributed by atoms with van der Waals surface area (Å²) in [6.07, 6.45) is -1.27. The Balaban J connectivity index is 1.77. The fourth-order valence-corrected chi connectivity index (χ4v) is 2.63. The Morgan fingerprint density at radius 3 is 2.83 bits per heavy atom. The van der Waals surface area contributed by atoms with Crippen LogP contribution in [0.2, 0.25) is 0 Å². The number of hydrogen-bond acceptors (Lipinski definition) is 4. The summed E-state index contributed by atoms with van der Waals surface area (Å²) in [5, 5.41) is 11.0. The van der Waals surface area contributed by atoms with Crippen molar-refractivity contribution >= 4 is 22.9 Å². The molecule has 0 aliphatic rings. The van der Waals surface area contributed by atoms with Crippen molar-refractivity contribution in [2.45, 2.75) is 6.18 Å². The van der Waals surface area contributed by atoms with E-state index >= 15 is 0 Å². The van der Waals surface area contributed by atoms with Crippen LogP contribution in [0, 0.1) is 0 Å². The van der Waals surface area contributed by atoms with Gasteiger partial charge in [-0.25, -0.2) is 4.98 Å². The van der Waals surface area contributed by atoms with Crippen molar-refractivity contribution in [2.24, 2.45) is 0 Å². The number of rotatable bonds is 3. The number of nitrogens with zero attached hydrogens (tertiary/aromatic N) is 2. The fourth-order valence-electron chi connectivity index (χ4n) is 1.85. The number of carbonyl (C=O) groups is 1. The summed E-state index contributed by atoms with van der Waals surface area (Å²) < 4.78 is 38.0. The van der Waals surface area contributed by atoms with Crippen LogP contribution in [0.5, 0.6) is 0 Å². The van der Waals surface area contributed by atoms with Crippen LogP contribution < -0.4 is 5.32 Å². The van der Waals surface area contributed by atoms with Crippen molar-refractivity contribution in [3.8, 4) is 10.6 Å². The van der Waals surface area contributed by atoms with Gasteiger partial charge in [-0.2, -0.15) is 18.3 Å². The molecule has 0 saturated heterocycles. The lowest BCUT2D eigenvalue weighted by molar-refractivity contribution is -0.137. The molecule has 0 unspecified atom stereocenters. The molecule has 0 radical (unpaired) electrons. The second-order valence-corrected chi connectivity index (χ2v) is 5.42. The minimum Gasteiger partial charge on any atom is -0.321 e. The van der Waals surface area contributed by atoms with Gasteiger partial charge in [0.2, 0.25) is 0 Å². The first kappa shape index (κ1) is 15.2. The Hall–Kier alpha value is -2.68. The third-order valence-corrected chi connectivity index (χ3v) is 3.82. The van der Waals surface area contributed by atoms with Crippen molar-refractivity contribution in [3.05, 3.63) is 53.3 Å². The van der Waals surface area contributed by atoms with E-state index in [0.29, 0.717) is 5.01 Å². The number of aromatic nitrogens is 3. The van der Waals surface area contributed by atoms with Gasteiger partial charge in [0.25, 0.3) is 5.91 Å². The molecule has 0 atom stereocenters. The zero-order valence-electron chi connectivity index (χ0n) is 11.4. The Kier molecular flexibility index (Phi) is 3.87. The summed E-state index contributed by atoms with van der Waals surface area (Å²) >= 11 is 1.24. The number of anilines is 1. The van der Waals surface area contributed by atoms with Crippen LogP contribution in [-0.2, 0) is 6.18 Å². The number of carbonyl (C=O) groups excluding carboxylic acids is 1. The van der Waals surface area contributed by atoms with Crippen LogP contribution in [0.15, 0.2) is 42.0 Å². The summed E-state index contributed by atoms with van der Waals surface area (Å²) in [6, 6.07) is 4.43. The number of hydrogen-bond donors (Lipinski definition) is 2. The normalized spacial score (nSPS) is 11.4. The third kappa shape index (κ3) is 3.39. The molecule has 1 aromatic carbocycles. The second-order valence-electron chi connectivity index (χ2n) is 4.56. The molecule has 0 aliphatic carbocycles. The zero-order chi connectivity index (χ0) is 16.4. The Labute approximate surface area is 132 Å². The van der Waals surface area contributed by atoms with E-state index in [1.807, 2.05) is 0 Å². The van der Waals surface area contributed by atoms with Crippen molar-refractivity contribution in [2.75, 3.05) is 5.32 Å². The van der Waals surface area contributed by atoms with Crippen molar-refractivity contribution in [3.63, 3.8) is 0 Å². The van der Waals surface area contributed by atoms with Gasteiger partial charge in [-0.3, -0.25) is 9.89 Å². The predicted molar refractivity (Wildman–Crippen MR) is 79.1 cm³/mol. The standard InChI is InChI=1S/C14H9F3N4OS/c15-14(16,17)9-2-1-3-10(4-9)20-12(22)11-7-23-13(21-11)8-5-18-19-6-8/h1-7H,(H,18,19)(H,20,22). The summed E-state index contributed by atoms with van der Waals surface area (Å²) in [6.45, 7) is 0. The summed E-state index contributed by atoms with van der Waals surface area (Å²) in [7, 11) is 0. The molecule has 3 aromatic rings. The van der Waals surface area contributed by atoms with Gasteiger partial charge in [-0.15, -0.1) is 11.3 Å². The molecule has 23 heavy (non-hydrogen) atoms. The number of thiazole rings is 1. The quantitative estimate of drug-likeness (QED) is 0.763. The SMILES string of the molecule is O=C(Nc1cccc(C(F)(F)F)c1)c1csc(-c2cn[nH]c2)n1. The topological polar surface area (TPSA) is 70.7 Å². The number of halogens is 3. The molecule has 1 amide bonds. The molecule has 5 nitrogen and oxygen atoms in total. The second kappa shape index (κ2) is 5.84. The van der Waals surface area contributed by atoms with Gasteiger partial charge < -0.3 is 5.32 Å². The molecule has 118 valence electrons. The van der Waals surface area contributed by atoms with E-state index in [0.717, 1.165) is 17.7 Å². The maximum Gasteiger partial charge on any atom is 0.416 e. The van der Waals surface area contributed by atoms with Gasteiger partial charge in [0.1, 0.15) is 10.7 Å². The highest BCUT2D eigenvalue weighted by atomic mass is 32.1. The van der Waals surface area contributed by atoms with Crippen LogP contribution in [0.3, 0.4) is 0 Å². The van der Waals surface area contributed by atoms with Crippen LogP contribution >= 0.6 is 11.3 Å². The highest BCUT2D eigenvalue weighted by Crippen LogP contribution is 2.31. The molecule has 2 heterocycles. The number of aromatic amines is 1. The van der Waals surface area contributed by atoms with E-state index in [1.165, 1.54) is 28.8 Å². The summed E-state index contributed by atoms with van der Waals surface area (Å²) in [5.41, 5.74) is 0.0899. The first-order chi connectivity index (χ1) is 10.9. The minimum atomic E-state index is -4.46. The third-order valence-electron chi connectivity index (χ3n) is 2.93. The van der Waals surface area contributed by atoms with E-state index < -0.39 is 17.6 Å². The van der Waals surface area contributed by atoms with Crippen molar-refractivity contribution < 1.29 is 18.0 Å². The average Bonchev–Trinajstić information content (AvgIpc) is 3.18. The number of H-pyrrole nitrogens is 1. The highest BCUT2D eigenvalue weighted by Gasteiger charge is 2.30. The molecule has 0 bridgehead atoms. The maximum atomic E-state index is 12.7. The summed E-state index contributed by atoms with van der Waals surface area (Å²) in [4.78, 5) is 16.2. The monoisotopic (exact) mass is 338 g/mol. The smallest absolute Gasteiger partial charge is 0.321 e. The zero-order valence-corrected chi connectivity index (χ0v) is 12.2. The number of nitrogens with one attached hydrogen (secondary N) is 2. The van der Waals surface area contributed by atoms with Gasteiger partial charge in [0.15, 0.2) is 0 Å². The molecular formula is C14H9F3N4OS. The van der Waals surface area contributed by atoms with E-state index in [2.05, 4.69) is 20.5 Å². The van der Waals surface area contributed by atoms with Gasteiger partial charge in [0, 0.05) is 22.8 Å². The maximum absolute atomic E-state index is 12.7. The van der Waals surface area contributed by atoms with Crippen LogP contribution in [0.1, 0.15) is 16.1 Å². The molecule has 3 rings (SSSR count). The average molecular weight is 338 g/mol. The van der Waals surface area contributed by atoms with Gasteiger partial charge in [-0.05, 0) is 18.2 Å². The summed E-state index contributed by atoms with van der Waals surface area (Å²) in [5.74, 6) is -0.574. The highest BCUT2D eigenvalue weighted by molar-refractivity contribution is 7.13. The first-order valence-electron chi connectivity index (χ1n) is 6.37. The van der Waals surface area contributed by atoms with Crippen LogP contribution in [0.4, 0.5) is 18.9 Å². The van der Waals surface area contributed by atoms with E-state index in [4.69, 9.17) is 0 Å². The number of alkyl halides is 3. The Morgan fingerprint density at radius 1 is 1.30 bits per heavy atom. The molecule has 2 aromatic heterocycles. The van der Waals surface area contributed by atoms with E-state index in [1.54, 1.807) is 12.4 Å². The van der Waals surface area contributed by atoms with E-state index in [9.17, 15) is 18.0 Å². The van der Waals surface area contributed by atoms with Gasteiger partial charge >= 0.3 is 6.18 Å². The van der Waals surface area contributed by atoms with E-state index in [-0.39, 0.29) is 11.4 Å². The Morgan fingerprint density at radius 2 is 2.13 bits per heavy atom. The number of amides is 1. The van der Waals surface area contributed by atoms with Gasteiger partial charge in [-0.1, -0.05) is 6.07 Å². The number of benzene rings is 1. The van der Waals surface area contributed by atoms with Crippen LogP contribution in [0.25, 0.3) is 10.6 Å². The molecule has 2 N–H and O–H groups in total. The lowest BCUT2D eigenvalue weighted by Gasteiger charge is -2.09. The Bertz CT molecular complexity index is 827. The fraction of sp³-hybridized carbons (Fsp3) is 0.0714. The minimum absolute atomic E-state index is 0.0580. The van der Waals surface area contributed by atoms with Crippen LogP contribution in [-0.4, -0.2) is 21.1 Å². The van der Waals surface area contributed by atoms with Crippen molar-refractivity contribution in [1.82, 2.24) is 15.2 Å². The first-order valence-corrected chi connectivity index (χ1v) is 7.25. The molecular weight excluding hydrogens is 329 g/mol. The molecule has 0 saturated carbocycles. The molecule has 0 fully saturated rings. The molecule has 0 aliphatic heterocycles.